The van der Waals surface area contributed by atoms with Crippen LogP contribution in [0.2, 0.25) is 0 Å². The molecule has 1 amide bonds. The Morgan fingerprint density at radius 3 is 3.42 bits per heavy atom. The molecular weight excluding hydrogens is 156 g/mol. The smallest absolute Gasteiger partial charge is 0.251 e. The molecule has 64 valence electrons. The molecule has 0 saturated carbocycles. The standard InChI is InChI=1S/C7H10N4O/c8-7(12)5-3-9-6-1-2-10-11(6)4-5/h3-4,6,10H,1-2H2,(H2,8,12). The third-order valence-electron chi connectivity index (χ3n) is 1.97. The van der Waals surface area contributed by atoms with Crippen LogP contribution in [0.1, 0.15) is 6.42 Å². The summed E-state index contributed by atoms with van der Waals surface area (Å²) >= 11 is 0. The first-order chi connectivity index (χ1) is 5.77. The zero-order valence-corrected chi connectivity index (χ0v) is 6.53. The summed E-state index contributed by atoms with van der Waals surface area (Å²) < 4.78 is 0. The Morgan fingerprint density at radius 1 is 1.83 bits per heavy atom. The van der Waals surface area contributed by atoms with Crippen LogP contribution >= 0.6 is 0 Å². The molecule has 3 N–H and O–H groups in total. The highest BCUT2D eigenvalue weighted by Gasteiger charge is 2.24. The lowest BCUT2D eigenvalue weighted by Crippen LogP contribution is -2.35. The van der Waals surface area contributed by atoms with Gasteiger partial charge in [0.25, 0.3) is 5.91 Å². The number of hydrazine groups is 1. The third-order valence-corrected chi connectivity index (χ3v) is 1.97. The summed E-state index contributed by atoms with van der Waals surface area (Å²) in [5, 5.41) is 1.82. The maximum Gasteiger partial charge on any atom is 0.251 e. The van der Waals surface area contributed by atoms with Crippen molar-refractivity contribution in [1.82, 2.24) is 10.4 Å². The topological polar surface area (TPSA) is 70.7 Å². The van der Waals surface area contributed by atoms with Gasteiger partial charge in [-0.15, -0.1) is 0 Å². The Labute approximate surface area is 69.9 Å². The van der Waals surface area contributed by atoms with E-state index in [1.165, 1.54) is 6.21 Å². The average molecular weight is 166 g/mol. The van der Waals surface area contributed by atoms with Crippen molar-refractivity contribution in [2.24, 2.45) is 10.7 Å². The first kappa shape index (κ1) is 7.30. The number of primary amides is 1. The van der Waals surface area contributed by atoms with Crippen LogP contribution in [0.4, 0.5) is 0 Å². The van der Waals surface area contributed by atoms with Crippen molar-refractivity contribution >= 4 is 12.1 Å². The molecule has 0 spiro atoms. The van der Waals surface area contributed by atoms with Gasteiger partial charge in [-0.1, -0.05) is 0 Å². The summed E-state index contributed by atoms with van der Waals surface area (Å²) in [4.78, 5) is 14.9. The van der Waals surface area contributed by atoms with Gasteiger partial charge in [0.1, 0.15) is 6.17 Å². The van der Waals surface area contributed by atoms with Crippen LogP contribution < -0.4 is 11.2 Å². The number of fused-ring (bicyclic) bond motifs is 1. The first-order valence-corrected chi connectivity index (χ1v) is 3.84. The van der Waals surface area contributed by atoms with Crippen LogP contribution in [0.5, 0.6) is 0 Å². The van der Waals surface area contributed by atoms with Gasteiger partial charge in [0, 0.05) is 25.4 Å². The van der Waals surface area contributed by atoms with E-state index in [9.17, 15) is 4.79 Å². The van der Waals surface area contributed by atoms with E-state index in [2.05, 4.69) is 10.4 Å². The molecule has 1 unspecified atom stereocenters. The number of carbonyl (C=O) groups is 1. The number of carbonyl (C=O) groups excluding carboxylic acids is 1. The second-order valence-corrected chi connectivity index (χ2v) is 2.81. The summed E-state index contributed by atoms with van der Waals surface area (Å²) in [6, 6.07) is 0. The van der Waals surface area contributed by atoms with Crippen LogP contribution in [-0.4, -0.2) is 29.8 Å². The molecule has 2 heterocycles. The molecule has 5 heteroatoms. The second kappa shape index (κ2) is 2.60. The third kappa shape index (κ3) is 1.08. The van der Waals surface area contributed by atoms with E-state index in [4.69, 9.17) is 5.73 Å². The predicted octanol–water partition coefficient (Wildman–Crippen LogP) is -1.02. The van der Waals surface area contributed by atoms with Gasteiger partial charge in [0.05, 0.1) is 5.57 Å². The molecule has 0 bridgehead atoms. The fraction of sp³-hybridized carbons (Fsp3) is 0.429. The fourth-order valence-electron chi connectivity index (χ4n) is 1.32. The van der Waals surface area contributed by atoms with Crippen molar-refractivity contribution < 1.29 is 4.79 Å². The van der Waals surface area contributed by atoms with Crippen molar-refractivity contribution in [3.8, 4) is 0 Å². The zero-order valence-electron chi connectivity index (χ0n) is 6.53. The Bertz CT molecular complexity index is 271. The highest BCUT2D eigenvalue weighted by Crippen LogP contribution is 2.15. The molecular formula is C7H10N4O. The molecule has 1 saturated heterocycles. The highest BCUT2D eigenvalue weighted by molar-refractivity contribution is 6.11. The lowest BCUT2D eigenvalue weighted by atomic mass is 10.2. The van der Waals surface area contributed by atoms with Crippen molar-refractivity contribution in [3.63, 3.8) is 0 Å². The molecule has 1 atom stereocenters. The normalized spacial score (nSPS) is 26.8. The number of hydrogen-bond acceptors (Lipinski definition) is 4. The minimum absolute atomic E-state index is 0.146. The number of hydrogen-bond donors (Lipinski definition) is 2. The van der Waals surface area contributed by atoms with E-state index in [1.807, 2.05) is 5.01 Å². The van der Waals surface area contributed by atoms with Gasteiger partial charge in [-0.2, -0.15) is 0 Å². The Balaban J connectivity index is 2.20. The number of amides is 1. The molecule has 1 fully saturated rings. The number of nitrogens with one attached hydrogen (secondary N) is 1. The molecule has 0 aromatic heterocycles. The van der Waals surface area contributed by atoms with E-state index in [0.29, 0.717) is 5.57 Å². The van der Waals surface area contributed by atoms with Gasteiger partial charge in [0.15, 0.2) is 0 Å². The minimum atomic E-state index is -0.439. The zero-order chi connectivity index (χ0) is 8.55. The summed E-state index contributed by atoms with van der Waals surface area (Å²) in [5.41, 5.74) is 8.62. The molecule has 2 aliphatic heterocycles. The van der Waals surface area contributed by atoms with E-state index < -0.39 is 5.91 Å². The minimum Gasteiger partial charge on any atom is -0.366 e. The SMILES string of the molecule is NC(=O)C1=CN2NCCC2N=C1. The second-order valence-electron chi connectivity index (χ2n) is 2.81. The summed E-state index contributed by atoms with van der Waals surface area (Å²) in [5.74, 6) is -0.439. The van der Waals surface area contributed by atoms with Gasteiger partial charge in [-0.05, 0) is 0 Å². The lowest BCUT2D eigenvalue weighted by Gasteiger charge is -2.22. The van der Waals surface area contributed by atoms with Crippen LogP contribution in [0.25, 0.3) is 0 Å². The van der Waals surface area contributed by atoms with Gasteiger partial charge in [-0.3, -0.25) is 14.8 Å². The van der Waals surface area contributed by atoms with E-state index in [1.54, 1.807) is 6.20 Å². The summed E-state index contributed by atoms with van der Waals surface area (Å²) in [6.45, 7) is 0.893. The average Bonchev–Trinajstić information content (AvgIpc) is 2.49. The molecule has 0 aliphatic carbocycles. The number of nitrogens with zero attached hydrogens (tertiary/aromatic N) is 2. The number of nitrogens with two attached hydrogens (primary N) is 1. The molecule has 12 heavy (non-hydrogen) atoms. The van der Waals surface area contributed by atoms with Crippen molar-refractivity contribution in [2.75, 3.05) is 6.54 Å². The largest absolute Gasteiger partial charge is 0.366 e. The molecule has 2 aliphatic rings. The quantitative estimate of drug-likeness (QED) is 0.523. The monoisotopic (exact) mass is 166 g/mol. The van der Waals surface area contributed by atoms with Crippen LogP contribution in [0.15, 0.2) is 16.8 Å². The fourth-order valence-corrected chi connectivity index (χ4v) is 1.32. The van der Waals surface area contributed by atoms with E-state index in [0.717, 1.165) is 13.0 Å². The molecule has 0 aromatic rings. The van der Waals surface area contributed by atoms with Crippen LogP contribution in [0, 0.1) is 0 Å². The highest BCUT2D eigenvalue weighted by atomic mass is 16.1. The summed E-state index contributed by atoms with van der Waals surface area (Å²) in [6.07, 6.45) is 4.36. The first-order valence-electron chi connectivity index (χ1n) is 3.84. The van der Waals surface area contributed by atoms with E-state index >= 15 is 0 Å². The van der Waals surface area contributed by atoms with Crippen molar-refractivity contribution in [1.29, 1.82) is 0 Å². The number of aliphatic imine (C=N–C) groups is 1. The Kier molecular flexibility index (Phi) is 1.58. The maximum atomic E-state index is 10.8. The van der Waals surface area contributed by atoms with Gasteiger partial charge in [0.2, 0.25) is 0 Å². The lowest BCUT2D eigenvalue weighted by molar-refractivity contribution is -0.114. The molecule has 0 aromatic carbocycles. The van der Waals surface area contributed by atoms with Gasteiger partial charge in [-0.25, -0.2) is 5.43 Å². The van der Waals surface area contributed by atoms with Gasteiger partial charge < -0.3 is 5.73 Å². The maximum absolute atomic E-state index is 10.8. The van der Waals surface area contributed by atoms with Crippen molar-refractivity contribution in [2.45, 2.75) is 12.6 Å². The Morgan fingerprint density at radius 2 is 2.67 bits per heavy atom. The summed E-state index contributed by atoms with van der Waals surface area (Å²) in [7, 11) is 0. The van der Waals surface area contributed by atoms with Crippen molar-refractivity contribution in [3.05, 3.63) is 11.8 Å². The Hall–Kier alpha value is -1.36. The van der Waals surface area contributed by atoms with Crippen LogP contribution in [-0.2, 0) is 4.79 Å². The van der Waals surface area contributed by atoms with Gasteiger partial charge >= 0.3 is 0 Å². The molecule has 0 radical (unpaired) electrons. The molecule has 5 nitrogen and oxygen atoms in total. The predicted molar refractivity (Wildman–Crippen MR) is 44.0 cm³/mol. The number of rotatable bonds is 1. The van der Waals surface area contributed by atoms with E-state index in [-0.39, 0.29) is 6.17 Å². The molecule has 2 rings (SSSR count). The van der Waals surface area contributed by atoms with Crippen LogP contribution in [0.3, 0.4) is 0 Å².